The maximum absolute atomic E-state index is 12.1. The molecule has 21 heavy (non-hydrogen) atoms. The van der Waals surface area contributed by atoms with E-state index in [1.165, 1.54) is 17.5 Å². The average molecular weight is 317 g/mol. The van der Waals surface area contributed by atoms with Gasteiger partial charge in [0.2, 0.25) is 5.13 Å². The predicted octanol–water partition coefficient (Wildman–Crippen LogP) is 2.85. The molecule has 0 fully saturated rings. The van der Waals surface area contributed by atoms with Crippen molar-refractivity contribution in [3.8, 4) is 0 Å². The molecule has 8 heteroatoms. The number of carbonyl (C=O) groups excluding carboxylic acids is 1. The van der Waals surface area contributed by atoms with Crippen molar-refractivity contribution < 1.29 is 4.79 Å². The highest BCUT2D eigenvalue weighted by atomic mass is 32.2. The summed E-state index contributed by atoms with van der Waals surface area (Å²) in [6.07, 6.45) is 1.46. The first-order valence-electron chi connectivity index (χ1n) is 6.25. The Morgan fingerprint density at radius 3 is 2.90 bits per heavy atom. The van der Waals surface area contributed by atoms with Crippen LogP contribution in [0.4, 0.5) is 5.13 Å². The van der Waals surface area contributed by atoms with Crippen LogP contribution in [-0.4, -0.2) is 31.8 Å². The van der Waals surface area contributed by atoms with Crippen molar-refractivity contribution in [2.24, 2.45) is 0 Å². The quantitative estimate of drug-likeness (QED) is 0.588. The second-order valence-electron chi connectivity index (χ2n) is 4.00. The number of hydrogen-bond donors (Lipinski definition) is 1. The number of anilines is 1. The van der Waals surface area contributed by atoms with Crippen LogP contribution in [0.25, 0.3) is 11.0 Å². The number of nitrogens with zero attached hydrogens (tertiary/aromatic N) is 4. The fourth-order valence-electron chi connectivity index (χ4n) is 1.67. The van der Waals surface area contributed by atoms with Crippen molar-refractivity contribution in [3.05, 3.63) is 36.2 Å². The van der Waals surface area contributed by atoms with E-state index in [9.17, 15) is 4.79 Å². The molecule has 0 saturated heterocycles. The van der Waals surface area contributed by atoms with E-state index in [2.05, 4.69) is 25.5 Å². The van der Waals surface area contributed by atoms with Gasteiger partial charge in [0.1, 0.15) is 5.69 Å². The van der Waals surface area contributed by atoms with Gasteiger partial charge < -0.3 is 0 Å². The minimum Gasteiger partial charge on any atom is -0.295 e. The summed E-state index contributed by atoms with van der Waals surface area (Å²) in [7, 11) is 0. The number of para-hydroxylation sites is 2. The first-order valence-corrected chi connectivity index (χ1v) is 8.06. The molecule has 106 valence electrons. The van der Waals surface area contributed by atoms with Gasteiger partial charge in [-0.05, 0) is 17.9 Å². The largest absolute Gasteiger partial charge is 0.295 e. The Kier molecular flexibility index (Phi) is 4.07. The number of rotatable bonds is 4. The molecule has 0 radical (unpaired) electrons. The number of hydrogen-bond acceptors (Lipinski definition) is 7. The molecule has 0 spiro atoms. The minimum absolute atomic E-state index is 0.258. The van der Waals surface area contributed by atoms with Gasteiger partial charge in [-0.15, -0.1) is 10.2 Å². The lowest BCUT2D eigenvalue weighted by Gasteiger charge is -2.01. The summed E-state index contributed by atoms with van der Waals surface area (Å²) >= 11 is 2.93. The van der Waals surface area contributed by atoms with E-state index >= 15 is 0 Å². The van der Waals surface area contributed by atoms with Crippen LogP contribution in [0.2, 0.25) is 0 Å². The van der Waals surface area contributed by atoms with Gasteiger partial charge in [-0.2, -0.15) is 0 Å². The van der Waals surface area contributed by atoms with Crippen LogP contribution in [0.5, 0.6) is 0 Å². The lowest BCUT2D eigenvalue weighted by atomic mass is 10.3. The van der Waals surface area contributed by atoms with Gasteiger partial charge in [0, 0.05) is 0 Å². The molecule has 3 rings (SSSR count). The molecule has 0 atom stereocenters. The first kappa shape index (κ1) is 13.9. The molecule has 0 aliphatic rings. The molecule has 3 aromatic rings. The van der Waals surface area contributed by atoms with Gasteiger partial charge in [0.15, 0.2) is 4.34 Å². The maximum Gasteiger partial charge on any atom is 0.277 e. The SMILES string of the molecule is CCSc1nnc(NC(=O)c2cnc3ccccc3n2)s1. The number of amides is 1. The zero-order valence-electron chi connectivity index (χ0n) is 11.1. The van der Waals surface area contributed by atoms with Crippen LogP contribution in [0.1, 0.15) is 17.4 Å². The second-order valence-corrected chi connectivity index (χ2v) is 6.49. The molecule has 0 aliphatic carbocycles. The molecule has 1 amide bonds. The molecule has 0 saturated carbocycles. The van der Waals surface area contributed by atoms with E-state index in [4.69, 9.17) is 0 Å². The van der Waals surface area contributed by atoms with Gasteiger partial charge >= 0.3 is 0 Å². The maximum atomic E-state index is 12.1. The molecule has 2 aromatic heterocycles. The van der Waals surface area contributed by atoms with Crippen LogP contribution in [0, 0.1) is 0 Å². The van der Waals surface area contributed by atoms with Crippen LogP contribution in [0.15, 0.2) is 34.8 Å². The monoisotopic (exact) mass is 317 g/mol. The number of carbonyl (C=O) groups is 1. The topological polar surface area (TPSA) is 80.7 Å². The van der Waals surface area contributed by atoms with Crippen LogP contribution in [-0.2, 0) is 0 Å². The molecular formula is C13H11N5OS2. The molecular weight excluding hydrogens is 306 g/mol. The third-order valence-corrected chi connectivity index (χ3v) is 4.43. The van der Waals surface area contributed by atoms with Crippen LogP contribution < -0.4 is 5.32 Å². The highest BCUT2D eigenvalue weighted by Crippen LogP contribution is 2.25. The molecule has 0 aliphatic heterocycles. The summed E-state index contributed by atoms with van der Waals surface area (Å²) in [5.74, 6) is 0.580. The van der Waals surface area contributed by atoms with E-state index in [1.54, 1.807) is 11.8 Å². The van der Waals surface area contributed by atoms with Gasteiger partial charge in [-0.3, -0.25) is 15.1 Å². The zero-order chi connectivity index (χ0) is 14.7. The minimum atomic E-state index is -0.336. The number of benzene rings is 1. The van der Waals surface area contributed by atoms with E-state index < -0.39 is 0 Å². The fraction of sp³-hybridized carbons (Fsp3) is 0.154. The van der Waals surface area contributed by atoms with Gasteiger partial charge in [-0.25, -0.2) is 4.98 Å². The average Bonchev–Trinajstić information content (AvgIpc) is 2.94. The van der Waals surface area contributed by atoms with Crippen molar-refractivity contribution in [3.63, 3.8) is 0 Å². The Balaban J connectivity index is 1.79. The molecule has 2 heterocycles. The standard InChI is InChI=1S/C13H11N5OS2/c1-2-20-13-18-17-12(21-13)16-11(19)10-7-14-8-5-3-4-6-9(8)15-10/h3-7H,2H2,1H3,(H,16,17,19). The molecule has 6 nitrogen and oxygen atoms in total. The van der Waals surface area contributed by atoms with Gasteiger partial charge in [-0.1, -0.05) is 42.2 Å². The van der Waals surface area contributed by atoms with Crippen molar-refractivity contribution >= 4 is 45.2 Å². The third kappa shape index (κ3) is 3.17. The van der Waals surface area contributed by atoms with E-state index in [0.29, 0.717) is 10.6 Å². The van der Waals surface area contributed by atoms with Crippen LogP contribution >= 0.6 is 23.1 Å². The summed E-state index contributed by atoms with van der Waals surface area (Å²) in [5.41, 5.74) is 1.70. The molecule has 0 unspecified atom stereocenters. The lowest BCUT2D eigenvalue weighted by Crippen LogP contribution is -2.14. The Morgan fingerprint density at radius 2 is 2.10 bits per heavy atom. The summed E-state index contributed by atoms with van der Waals surface area (Å²) in [4.78, 5) is 20.7. The third-order valence-electron chi connectivity index (χ3n) is 2.58. The Bertz CT molecular complexity index is 789. The molecule has 1 N–H and O–H groups in total. The Morgan fingerprint density at radius 1 is 1.29 bits per heavy atom. The lowest BCUT2D eigenvalue weighted by molar-refractivity contribution is 0.102. The Hall–Kier alpha value is -2.06. The van der Waals surface area contributed by atoms with Crippen molar-refractivity contribution in [1.82, 2.24) is 20.2 Å². The van der Waals surface area contributed by atoms with Gasteiger partial charge in [0.05, 0.1) is 17.2 Å². The fourth-order valence-corrected chi connectivity index (χ4v) is 3.31. The number of fused-ring (bicyclic) bond motifs is 1. The summed E-state index contributed by atoms with van der Waals surface area (Å²) < 4.78 is 0.831. The molecule has 0 bridgehead atoms. The van der Waals surface area contributed by atoms with Crippen molar-refractivity contribution in [1.29, 1.82) is 0 Å². The normalized spacial score (nSPS) is 10.7. The number of nitrogens with one attached hydrogen (secondary N) is 1. The van der Waals surface area contributed by atoms with Crippen molar-refractivity contribution in [2.45, 2.75) is 11.3 Å². The highest BCUT2D eigenvalue weighted by molar-refractivity contribution is 8.01. The molecule has 1 aromatic carbocycles. The first-order chi connectivity index (χ1) is 10.3. The summed E-state index contributed by atoms with van der Waals surface area (Å²) in [6.45, 7) is 2.04. The predicted molar refractivity (Wildman–Crippen MR) is 83.8 cm³/mol. The second kappa shape index (κ2) is 6.15. The summed E-state index contributed by atoms with van der Waals surface area (Å²) in [6, 6.07) is 7.41. The Labute approximate surface area is 129 Å². The number of aromatic nitrogens is 4. The van der Waals surface area contributed by atoms with E-state index in [-0.39, 0.29) is 11.6 Å². The summed E-state index contributed by atoms with van der Waals surface area (Å²) in [5, 5.41) is 11.1. The zero-order valence-corrected chi connectivity index (χ0v) is 12.7. The smallest absolute Gasteiger partial charge is 0.277 e. The van der Waals surface area contributed by atoms with Crippen LogP contribution in [0.3, 0.4) is 0 Å². The van der Waals surface area contributed by atoms with Crippen molar-refractivity contribution in [2.75, 3.05) is 11.1 Å². The number of thioether (sulfide) groups is 1. The van der Waals surface area contributed by atoms with E-state index in [1.807, 2.05) is 31.2 Å². The van der Waals surface area contributed by atoms with E-state index in [0.717, 1.165) is 15.6 Å². The highest BCUT2D eigenvalue weighted by Gasteiger charge is 2.12. The van der Waals surface area contributed by atoms with Gasteiger partial charge in [0.25, 0.3) is 5.91 Å².